The predicted molar refractivity (Wildman–Crippen MR) is 74.5 cm³/mol. The fourth-order valence-corrected chi connectivity index (χ4v) is 3.53. The van der Waals surface area contributed by atoms with Gasteiger partial charge >= 0.3 is 6.18 Å². The summed E-state index contributed by atoms with van der Waals surface area (Å²) in [7, 11) is 0. The highest BCUT2D eigenvalue weighted by Crippen LogP contribution is 2.40. The Kier molecular flexibility index (Phi) is 4.93. The van der Waals surface area contributed by atoms with Gasteiger partial charge in [-0.15, -0.1) is 0 Å². The van der Waals surface area contributed by atoms with Gasteiger partial charge in [0.15, 0.2) is 0 Å². The molecular weight excluding hydrogens is 327 g/mol. The van der Waals surface area contributed by atoms with Crippen LogP contribution < -0.4 is 10.0 Å². The van der Waals surface area contributed by atoms with Gasteiger partial charge in [-0.1, -0.05) is 17.7 Å². The van der Waals surface area contributed by atoms with E-state index in [1.807, 2.05) is 0 Å². The van der Waals surface area contributed by atoms with E-state index in [-0.39, 0.29) is 16.0 Å². The van der Waals surface area contributed by atoms with Crippen LogP contribution in [0.2, 0.25) is 5.02 Å². The molecule has 1 atom stereocenters. The molecule has 1 aliphatic rings. The van der Waals surface area contributed by atoms with E-state index in [2.05, 4.69) is 0 Å². The monoisotopic (exact) mass is 338 g/mol. The van der Waals surface area contributed by atoms with Crippen molar-refractivity contribution in [1.82, 2.24) is 0 Å². The largest absolute Gasteiger partial charge is 0.549 e. The molecule has 1 aromatic rings. The van der Waals surface area contributed by atoms with Crippen LogP contribution in [0.1, 0.15) is 12.0 Å². The molecule has 0 spiro atoms. The first kappa shape index (κ1) is 16.3. The van der Waals surface area contributed by atoms with Gasteiger partial charge in [-0.2, -0.15) is 24.9 Å². The Bertz CT molecular complexity index is 539. The number of thioether (sulfide) groups is 1. The number of alkyl halides is 3. The number of aliphatic carboxylic acids is 1. The number of anilines is 1. The maximum Gasteiger partial charge on any atom is 0.417 e. The predicted octanol–water partition coefficient (Wildman–Crippen LogP) is 2.42. The highest BCUT2D eigenvalue weighted by Gasteiger charge is 2.35. The molecule has 8 heteroatoms. The standard InChI is InChI=1S/C13H13ClF3NO2S/c14-12-9(13(15,16)17)2-1-3-10(12)18-5-4-8(6-18)21-7-11(19)20/h1-3,8H,4-7H2,(H,19,20)/p-1. The number of hydrogen-bond acceptors (Lipinski definition) is 4. The van der Waals surface area contributed by atoms with E-state index in [4.69, 9.17) is 11.6 Å². The van der Waals surface area contributed by atoms with Crippen LogP contribution in [0, 0.1) is 0 Å². The molecule has 0 aromatic heterocycles. The normalized spacial score (nSPS) is 19.0. The average Bonchev–Trinajstić information content (AvgIpc) is 2.83. The maximum atomic E-state index is 12.8. The Morgan fingerprint density at radius 1 is 1.48 bits per heavy atom. The molecule has 116 valence electrons. The molecule has 1 aliphatic heterocycles. The number of benzene rings is 1. The maximum absolute atomic E-state index is 12.8. The minimum Gasteiger partial charge on any atom is -0.549 e. The van der Waals surface area contributed by atoms with Crippen LogP contribution >= 0.6 is 23.4 Å². The summed E-state index contributed by atoms with van der Waals surface area (Å²) >= 11 is 7.11. The van der Waals surface area contributed by atoms with Crippen LogP contribution in [0.5, 0.6) is 0 Å². The second-order valence-electron chi connectivity index (χ2n) is 4.68. The van der Waals surface area contributed by atoms with Crippen LogP contribution in [-0.4, -0.2) is 30.1 Å². The van der Waals surface area contributed by atoms with Crippen LogP contribution in [0.15, 0.2) is 18.2 Å². The number of halogens is 4. The van der Waals surface area contributed by atoms with Crippen molar-refractivity contribution < 1.29 is 23.1 Å². The molecule has 0 radical (unpaired) electrons. The van der Waals surface area contributed by atoms with Gasteiger partial charge in [0.1, 0.15) is 0 Å². The molecule has 1 heterocycles. The molecule has 21 heavy (non-hydrogen) atoms. The number of rotatable bonds is 4. The van der Waals surface area contributed by atoms with Gasteiger partial charge in [0.2, 0.25) is 0 Å². The third-order valence-corrected chi connectivity index (χ3v) is 4.86. The van der Waals surface area contributed by atoms with E-state index in [0.29, 0.717) is 25.2 Å². The first-order valence-electron chi connectivity index (χ1n) is 6.21. The highest BCUT2D eigenvalue weighted by molar-refractivity contribution is 8.00. The van der Waals surface area contributed by atoms with Crippen molar-refractivity contribution in [2.45, 2.75) is 17.8 Å². The number of carbonyl (C=O) groups is 1. The fourth-order valence-electron chi connectivity index (χ4n) is 2.25. The number of carboxylic acids is 1. The van der Waals surface area contributed by atoms with Gasteiger partial charge in [0.25, 0.3) is 0 Å². The minimum absolute atomic E-state index is 0.0495. The Hall–Kier alpha value is -1.08. The van der Waals surface area contributed by atoms with Gasteiger partial charge < -0.3 is 14.8 Å². The smallest absolute Gasteiger partial charge is 0.417 e. The third kappa shape index (κ3) is 3.97. The number of nitrogens with zero attached hydrogens (tertiary/aromatic N) is 1. The summed E-state index contributed by atoms with van der Waals surface area (Å²) in [6.45, 7) is 1.02. The molecule has 2 rings (SSSR count). The second-order valence-corrected chi connectivity index (χ2v) is 6.34. The van der Waals surface area contributed by atoms with Crippen molar-refractivity contribution in [3.8, 4) is 0 Å². The zero-order chi connectivity index (χ0) is 15.6. The van der Waals surface area contributed by atoms with E-state index in [0.717, 1.165) is 6.07 Å². The molecule has 1 saturated heterocycles. The van der Waals surface area contributed by atoms with Gasteiger partial charge in [-0.3, -0.25) is 0 Å². The van der Waals surface area contributed by atoms with Crippen molar-refractivity contribution >= 4 is 35.0 Å². The summed E-state index contributed by atoms with van der Waals surface area (Å²) in [5.41, 5.74) is -0.518. The summed E-state index contributed by atoms with van der Waals surface area (Å²) in [5, 5.41) is 10.2. The second kappa shape index (κ2) is 6.36. The highest BCUT2D eigenvalue weighted by atomic mass is 35.5. The zero-order valence-electron chi connectivity index (χ0n) is 10.8. The number of hydrogen-bond donors (Lipinski definition) is 0. The molecule has 0 saturated carbocycles. The van der Waals surface area contributed by atoms with Crippen LogP contribution in [-0.2, 0) is 11.0 Å². The Morgan fingerprint density at radius 3 is 2.81 bits per heavy atom. The topological polar surface area (TPSA) is 43.4 Å². The lowest BCUT2D eigenvalue weighted by atomic mass is 10.2. The van der Waals surface area contributed by atoms with Crippen LogP contribution in [0.3, 0.4) is 0 Å². The molecule has 3 nitrogen and oxygen atoms in total. The molecule has 0 N–H and O–H groups in total. The van der Waals surface area contributed by atoms with Crippen molar-refractivity contribution in [2.24, 2.45) is 0 Å². The zero-order valence-corrected chi connectivity index (χ0v) is 12.4. The Morgan fingerprint density at radius 2 is 2.19 bits per heavy atom. The van der Waals surface area contributed by atoms with Crippen molar-refractivity contribution in [1.29, 1.82) is 0 Å². The van der Waals surface area contributed by atoms with E-state index in [9.17, 15) is 23.1 Å². The molecule has 1 unspecified atom stereocenters. The quantitative estimate of drug-likeness (QED) is 0.845. The minimum atomic E-state index is -4.49. The van der Waals surface area contributed by atoms with Crippen LogP contribution in [0.4, 0.5) is 18.9 Å². The summed E-state index contributed by atoms with van der Waals surface area (Å²) in [6.07, 6.45) is -3.79. The average molecular weight is 339 g/mol. The SMILES string of the molecule is O=C([O-])CSC1CCN(c2cccc(C(F)(F)F)c2Cl)C1. The van der Waals surface area contributed by atoms with Gasteiger partial charge in [-0.05, 0) is 18.6 Å². The summed E-state index contributed by atoms with van der Waals surface area (Å²) in [5.74, 6) is -1.26. The van der Waals surface area contributed by atoms with Crippen molar-refractivity contribution in [3.05, 3.63) is 28.8 Å². The van der Waals surface area contributed by atoms with E-state index in [1.54, 1.807) is 11.0 Å². The van der Waals surface area contributed by atoms with Crippen molar-refractivity contribution in [2.75, 3.05) is 23.7 Å². The third-order valence-electron chi connectivity index (χ3n) is 3.21. The molecule has 1 fully saturated rings. The van der Waals surface area contributed by atoms with E-state index >= 15 is 0 Å². The van der Waals surface area contributed by atoms with Gasteiger partial charge in [-0.25, -0.2) is 0 Å². The molecule has 0 bridgehead atoms. The van der Waals surface area contributed by atoms with Crippen molar-refractivity contribution in [3.63, 3.8) is 0 Å². The lowest BCUT2D eigenvalue weighted by molar-refractivity contribution is -0.301. The lowest BCUT2D eigenvalue weighted by Gasteiger charge is -2.22. The summed E-state index contributed by atoms with van der Waals surface area (Å²) in [6, 6.07) is 3.82. The molecule has 0 aliphatic carbocycles. The first-order valence-corrected chi connectivity index (χ1v) is 7.64. The van der Waals surface area contributed by atoms with Crippen LogP contribution in [0.25, 0.3) is 0 Å². The first-order chi connectivity index (χ1) is 9.79. The Balaban J connectivity index is 2.12. The molecular formula is C13H12ClF3NO2S-. The fraction of sp³-hybridized carbons (Fsp3) is 0.462. The summed E-state index contributed by atoms with van der Waals surface area (Å²) < 4.78 is 38.5. The summed E-state index contributed by atoms with van der Waals surface area (Å²) in [4.78, 5) is 12.2. The molecule has 0 amide bonds. The van der Waals surface area contributed by atoms with E-state index in [1.165, 1.54) is 17.8 Å². The number of carbonyl (C=O) groups excluding carboxylic acids is 1. The number of carboxylic acid groups (broad SMARTS) is 1. The lowest BCUT2D eigenvalue weighted by Crippen LogP contribution is -2.26. The van der Waals surface area contributed by atoms with Gasteiger partial charge in [0, 0.05) is 24.1 Å². The Labute approximate surface area is 129 Å². The molecule has 1 aromatic carbocycles. The van der Waals surface area contributed by atoms with E-state index < -0.39 is 17.7 Å². The van der Waals surface area contributed by atoms with Gasteiger partial charge in [0.05, 0.1) is 22.2 Å².